The van der Waals surface area contributed by atoms with E-state index in [0.717, 1.165) is 18.5 Å². The fourth-order valence-corrected chi connectivity index (χ4v) is 4.10. The van der Waals surface area contributed by atoms with E-state index in [4.69, 9.17) is 4.74 Å². The third kappa shape index (κ3) is 3.89. The normalized spacial score (nSPS) is 16.8. The van der Waals surface area contributed by atoms with E-state index in [1.54, 1.807) is 24.3 Å². The third-order valence-corrected chi connectivity index (χ3v) is 5.51. The van der Waals surface area contributed by atoms with Gasteiger partial charge in [-0.15, -0.1) is 12.4 Å². The maximum atomic E-state index is 12.5. The van der Waals surface area contributed by atoms with Gasteiger partial charge in [0.05, 0.1) is 7.11 Å². The Balaban J connectivity index is 0.00000208. The van der Waals surface area contributed by atoms with E-state index in [1.165, 1.54) is 12.7 Å². The third-order valence-electron chi connectivity index (χ3n) is 4.05. The van der Waals surface area contributed by atoms with Gasteiger partial charge in [0.25, 0.3) is 0 Å². The van der Waals surface area contributed by atoms with Gasteiger partial charge in [-0.1, -0.05) is 36.4 Å². The van der Waals surface area contributed by atoms with Crippen LogP contribution in [0.1, 0.15) is 17.2 Å². The fraction of sp³-hybridized carbons (Fsp3) is 0.294. The number of rotatable bonds is 5. The predicted octanol–water partition coefficient (Wildman–Crippen LogP) is 2.28. The summed E-state index contributed by atoms with van der Waals surface area (Å²) in [5, 5.41) is 3.37. The molecule has 24 heavy (non-hydrogen) atoms. The SMILES string of the molecule is COc1ccccc1S(=O)(=O)NCC1NCCc2ccccc21.Cl. The Labute approximate surface area is 148 Å². The van der Waals surface area contributed by atoms with Crippen LogP contribution in [-0.4, -0.2) is 28.6 Å². The highest BCUT2D eigenvalue weighted by molar-refractivity contribution is 7.89. The summed E-state index contributed by atoms with van der Waals surface area (Å²) in [6.07, 6.45) is 0.964. The van der Waals surface area contributed by atoms with Gasteiger partial charge in [0.15, 0.2) is 0 Å². The Morgan fingerprint density at radius 1 is 1.17 bits per heavy atom. The minimum atomic E-state index is -3.62. The molecule has 2 N–H and O–H groups in total. The van der Waals surface area contributed by atoms with E-state index >= 15 is 0 Å². The fourth-order valence-electron chi connectivity index (χ4n) is 2.89. The number of halogens is 1. The summed E-state index contributed by atoms with van der Waals surface area (Å²) in [6.45, 7) is 1.15. The molecule has 1 unspecified atom stereocenters. The number of hydrogen-bond donors (Lipinski definition) is 2. The number of benzene rings is 2. The number of methoxy groups -OCH3 is 1. The van der Waals surface area contributed by atoms with Crippen LogP contribution in [-0.2, 0) is 16.4 Å². The lowest BCUT2D eigenvalue weighted by molar-refractivity contribution is 0.402. The number of fused-ring (bicyclic) bond motifs is 1. The molecule has 2 aromatic carbocycles. The average molecular weight is 369 g/mol. The molecular weight excluding hydrogens is 348 g/mol. The van der Waals surface area contributed by atoms with Crippen molar-refractivity contribution in [1.82, 2.24) is 10.0 Å². The van der Waals surface area contributed by atoms with Gasteiger partial charge in [-0.25, -0.2) is 13.1 Å². The van der Waals surface area contributed by atoms with Crippen molar-refractivity contribution in [1.29, 1.82) is 0 Å². The largest absolute Gasteiger partial charge is 0.495 e. The Kier molecular flexibility index (Phi) is 6.23. The van der Waals surface area contributed by atoms with E-state index in [1.807, 2.05) is 18.2 Å². The summed E-state index contributed by atoms with van der Waals surface area (Å²) in [4.78, 5) is 0.159. The first-order valence-corrected chi connectivity index (χ1v) is 9.04. The first-order chi connectivity index (χ1) is 11.1. The summed E-state index contributed by atoms with van der Waals surface area (Å²) in [7, 11) is -2.15. The van der Waals surface area contributed by atoms with E-state index < -0.39 is 10.0 Å². The topological polar surface area (TPSA) is 67.4 Å². The van der Waals surface area contributed by atoms with Crippen molar-refractivity contribution in [2.24, 2.45) is 0 Å². The maximum Gasteiger partial charge on any atom is 0.244 e. The zero-order chi connectivity index (χ0) is 16.3. The van der Waals surface area contributed by atoms with E-state index in [2.05, 4.69) is 16.1 Å². The second-order valence-corrected chi connectivity index (χ2v) is 7.19. The lowest BCUT2D eigenvalue weighted by Crippen LogP contribution is -2.38. The van der Waals surface area contributed by atoms with Gasteiger partial charge in [0.1, 0.15) is 10.6 Å². The number of ether oxygens (including phenoxy) is 1. The highest BCUT2D eigenvalue weighted by Crippen LogP contribution is 2.25. The summed E-state index contributed by atoms with van der Waals surface area (Å²) in [6, 6.07) is 14.7. The van der Waals surface area contributed by atoms with Gasteiger partial charge in [-0.2, -0.15) is 0 Å². The van der Waals surface area contributed by atoms with Gasteiger partial charge < -0.3 is 10.1 Å². The van der Waals surface area contributed by atoms with Gasteiger partial charge in [-0.05, 0) is 36.2 Å². The highest BCUT2D eigenvalue weighted by atomic mass is 35.5. The molecule has 3 rings (SSSR count). The molecule has 0 amide bonds. The van der Waals surface area contributed by atoms with Gasteiger partial charge in [0.2, 0.25) is 10.0 Å². The number of nitrogens with one attached hydrogen (secondary N) is 2. The van der Waals surface area contributed by atoms with Crippen molar-refractivity contribution in [3.63, 3.8) is 0 Å². The zero-order valence-electron chi connectivity index (χ0n) is 13.4. The van der Waals surface area contributed by atoms with Crippen LogP contribution in [0.3, 0.4) is 0 Å². The zero-order valence-corrected chi connectivity index (χ0v) is 15.0. The summed E-state index contributed by atoms with van der Waals surface area (Å²) in [5.41, 5.74) is 2.43. The van der Waals surface area contributed by atoms with Crippen LogP contribution in [0, 0.1) is 0 Å². The molecule has 0 spiro atoms. The van der Waals surface area contributed by atoms with Gasteiger partial charge >= 0.3 is 0 Å². The molecule has 0 radical (unpaired) electrons. The van der Waals surface area contributed by atoms with Crippen molar-refractivity contribution < 1.29 is 13.2 Å². The molecule has 0 saturated carbocycles. The average Bonchev–Trinajstić information content (AvgIpc) is 2.60. The summed E-state index contributed by atoms with van der Waals surface area (Å²) < 4.78 is 32.9. The van der Waals surface area contributed by atoms with Crippen LogP contribution < -0.4 is 14.8 Å². The molecule has 0 saturated heterocycles. The van der Waals surface area contributed by atoms with Crippen LogP contribution in [0.4, 0.5) is 0 Å². The maximum absolute atomic E-state index is 12.5. The Morgan fingerprint density at radius 3 is 2.67 bits per heavy atom. The number of sulfonamides is 1. The Hall–Kier alpha value is -1.60. The lowest BCUT2D eigenvalue weighted by atomic mass is 9.95. The first kappa shape index (κ1) is 18.7. The second-order valence-electron chi connectivity index (χ2n) is 5.46. The van der Waals surface area contributed by atoms with E-state index in [-0.39, 0.29) is 23.3 Å². The standard InChI is InChI=1S/C17H20N2O3S.ClH/c1-22-16-8-4-5-9-17(16)23(20,21)19-12-15-14-7-3-2-6-13(14)10-11-18-15;/h2-9,15,18-19H,10-12H2,1H3;1H. The smallest absolute Gasteiger partial charge is 0.244 e. The molecule has 1 heterocycles. The van der Waals surface area contributed by atoms with Crippen LogP contribution in [0.5, 0.6) is 5.75 Å². The number of hydrogen-bond acceptors (Lipinski definition) is 4. The summed E-state index contributed by atoms with van der Waals surface area (Å²) in [5.74, 6) is 0.344. The van der Waals surface area contributed by atoms with Gasteiger partial charge in [-0.3, -0.25) is 0 Å². The molecule has 1 aliphatic heterocycles. The van der Waals surface area contributed by atoms with Crippen molar-refractivity contribution in [3.8, 4) is 5.75 Å². The molecule has 0 fully saturated rings. The quantitative estimate of drug-likeness (QED) is 0.849. The molecule has 5 nitrogen and oxygen atoms in total. The van der Waals surface area contributed by atoms with Crippen molar-refractivity contribution in [3.05, 3.63) is 59.7 Å². The molecular formula is C17H21ClN2O3S. The van der Waals surface area contributed by atoms with Crippen LogP contribution >= 0.6 is 12.4 Å². The van der Waals surface area contributed by atoms with Crippen LogP contribution in [0.2, 0.25) is 0 Å². The minimum Gasteiger partial charge on any atom is -0.495 e. The molecule has 2 aromatic rings. The van der Waals surface area contributed by atoms with E-state index in [9.17, 15) is 8.42 Å². The van der Waals surface area contributed by atoms with Crippen molar-refractivity contribution >= 4 is 22.4 Å². The molecule has 0 bridgehead atoms. The minimum absolute atomic E-state index is 0. The first-order valence-electron chi connectivity index (χ1n) is 7.55. The van der Waals surface area contributed by atoms with Crippen LogP contribution in [0.15, 0.2) is 53.4 Å². The molecule has 1 aliphatic rings. The monoisotopic (exact) mass is 368 g/mol. The lowest BCUT2D eigenvalue weighted by Gasteiger charge is -2.27. The summed E-state index contributed by atoms with van der Waals surface area (Å²) >= 11 is 0. The highest BCUT2D eigenvalue weighted by Gasteiger charge is 2.23. The molecule has 130 valence electrons. The molecule has 7 heteroatoms. The van der Waals surface area contributed by atoms with Crippen LogP contribution in [0.25, 0.3) is 0 Å². The number of para-hydroxylation sites is 1. The van der Waals surface area contributed by atoms with Gasteiger partial charge in [0, 0.05) is 12.6 Å². The molecule has 1 atom stereocenters. The molecule has 0 aliphatic carbocycles. The predicted molar refractivity (Wildman–Crippen MR) is 96.3 cm³/mol. The Bertz CT molecular complexity index is 796. The molecule has 0 aromatic heterocycles. The van der Waals surface area contributed by atoms with E-state index in [0.29, 0.717) is 12.3 Å². The Morgan fingerprint density at radius 2 is 1.88 bits per heavy atom. The van der Waals surface area contributed by atoms with Crippen molar-refractivity contribution in [2.45, 2.75) is 17.4 Å². The second kappa shape index (κ2) is 7.98. The van der Waals surface area contributed by atoms with Crippen molar-refractivity contribution in [2.75, 3.05) is 20.2 Å².